The lowest BCUT2D eigenvalue weighted by Gasteiger charge is -2.13. The molecule has 0 spiro atoms. The maximum absolute atomic E-state index is 12.1. The zero-order valence-electron chi connectivity index (χ0n) is 13.6. The van der Waals surface area contributed by atoms with E-state index in [1.54, 1.807) is 43.3 Å². The molecule has 0 fully saturated rings. The standard InChI is InChI=1S/C17H17BrClN3O3/c1-10(21-14-5-3-13(19)4-6-14)17(24)22-20-9-11-7-12(18)8-15(25-2)16(11)23/h3-10,21,23H,1-2H3,(H,22,24)/b20-9-/t10-/m1/s1. The molecule has 2 aromatic rings. The number of phenols is 1. The van der Waals surface area contributed by atoms with Crippen LogP contribution in [0.25, 0.3) is 0 Å². The van der Waals surface area contributed by atoms with Crippen molar-refractivity contribution in [3.8, 4) is 11.5 Å². The quantitative estimate of drug-likeness (QED) is 0.485. The van der Waals surface area contributed by atoms with E-state index in [9.17, 15) is 9.90 Å². The first-order chi connectivity index (χ1) is 11.9. The fraction of sp³-hybridized carbons (Fsp3) is 0.176. The van der Waals surface area contributed by atoms with E-state index in [2.05, 4.69) is 31.8 Å². The van der Waals surface area contributed by atoms with E-state index in [1.165, 1.54) is 13.3 Å². The number of aromatic hydroxyl groups is 1. The first kappa shape index (κ1) is 19.1. The van der Waals surface area contributed by atoms with Gasteiger partial charge in [0.15, 0.2) is 11.5 Å². The van der Waals surface area contributed by atoms with Gasteiger partial charge >= 0.3 is 0 Å². The van der Waals surface area contributed by atoms with Crippen molar-refractivity contribution in [3.63, 3.8) is 0 Å². The molecule has 8 heteroatoms. The third-order valence-corrected chi connectivity index (χ3v) is 4.00. The molecule has 0 unspecified atom stereocenters. The number of hydrogen-bond donors (Lipinski definition) is 3. The van der Waals surface area contributed by atoms with Crippen LogP contribution < -0.4 is 15.5 Å². The predicted octanol–water partition coefficient (Wildman–Crippen LogP) is 3.77. The second kappa shape index (κ2) is 8.73. The molecule has 132 valence electrons. The van der Waals surface area contributed by atoms with Crippen LogP contribution in [0.2, 0.25) is 5.02 Å². The SMILES string of the molecule is COc1cc(Br)cc(/C=N\NC(=O)[C@@H](C)Nc2ccc(Cl)cc2)c1O. The molecule has 0 heterocycles. The minimum atomic E-state index is -0.510. The molecule has 2 rings (SSSR count). The topological polar surface area (TPSA) is 83.0 Å². The molecule has 1 amide bonds. The third kappa shape index (κ3) is 5.37. The molecular weight excluding hydrogens is 410 g/mol. The number of carbonyl (C=O) groups is 1. The number of amides is 1. The number of benzene rings is 2. The summed E-state index contributed by atoms with van der Waals surface area (Å²) in [6.45, 7) is 1.71. The molecule has 0 saturated heterocycles. The van der Waals surface area contributed by atoms with Crippen LogP contribution in [-0.4, -0.2) is 30.4 Å². The minimum Gasteiger partial charge on any atom is -0.504 e. The smallest absolute Gasteiger partial charge is 0.262 e. The van der Waals surface area contributed by atoms with Gasteiger partial charge in [-0.3, -0.25) is 4.79 Å². The van der Waals surface area contributed by atoms with Crippen LogP contribution in [0.1, 0.15) is 12.5 Å². The summed E-state index contributed by atoms with van der Waals surface area (Å²) in [5.41, 5.74) is 3.60. The van der Waals surface area contributed by atoms with E-state index in [-0.39, 0.29) is 11.7 Å². The Balaban J connectivity index is 1.98. The summed E-state index contributed by atoms with van der Waals surface area (Å²) in [5, 5.41) is 17.6. The van der Waals surface area contributed by atoms with Gasteiger partial charge in [-0.2, -0.15) is 5.10 Å². The van der Waals surface area contributed by atoms with Gasteiger partial charge in [0.05, 0.1) is 13.3 Å². The van der Waals surface area contributed by atoms with E-state index in [1.807, 2.05) is 0 Å². The molecule has 0 aliphatic carbocycles. The van der Waals surface area contributed by atoms with Crippen molar-refractivity contribution in [1.29, 1.82) is 0 Å². The summed E-state index contributed by atoms with van der Waals surface area (Å²) < 4.78 is 5.77. The number of carbonyl (C=O) groups excluding carboxylic acids is 1. The Morgan fingerprint density at radius 3 is 2.68 bits per heavy atom. The summed E-state index contributed by atoms with van der Waals surface area (Å²) in [7, 11) is 1.45. The summed E-state index contributed by atoms with van der Waals surface area (Å²) in [6.07, 6.45) is 1.34. The number of rotatable bonds is 6. The van der Waals surface area contributed by atoms with Crippen molar-refractivity contribution in [2.45, 2.75) is 13.0 Å². The van der Waals surface area contributed by atoms with Crippen LogP contribution in [0, 0.1) is 0 Å². The van der Waals surface area contributed by atoms with Crippen LogP contribution in [-0.2, 0) is 4.79 Å². The number of methoxy groups -OCH3 is 1. The first-order valence-corrected chi connectivity index (χ1v) is 8.49. The highest BCUT2D eigenvalue weighted by Gasteiger charge is 2.12. The average molecular weight is 427 g/mol. The monoisotopic (exact) mass is 425 g/mol. The summed E-state index contributed by atoms with van der Waals surface area (Å²) in [6, 6.07) is 9.80. The largest absolute Gasteiger partial charge is 0.504 e. The number of halogens is 2. The maximum atomic E-state index is 12.1. The third-order valence-electron chi connectivity index (χ3n) is 3.29. The number of ether oxygens (including phenoxy) is 1. The van der Waals surface area contributed by atoms with Crippen LogP contribution in [0.5, 0.6) is 11.5 Å². The van der Waals surface area contributed by atoms with Gasteiger partial charge in [-0.25, -0.2) is 5.43 Å². The molecule has 0 aliphatic heterocycles. The second-order valence-corrected chi connectivity index (χ2v) is 6.51. The number of phenolic OH excluding ortho intramolecular Hbond substituents is 1. The van der Waals surface area contributed by atoms with E-state index in [0.717, 1.165) is 5.69 Å². The lowest BCUT2D eigenvalue weighted by molar-refractivity contribution is -0.121. The Bertz CT molecular complexity index is 781. The second-order valence-electron chi connectivity index (χ2n) is 5.15. The zero-order chi connectivity index (χ0) is 18.4. The number of anilines is 1. The minimum absolute atomic E-state index is 0.0592. The van der Waals surface area contributed by atoms with Gasteiger partial charge in [0.25, 0.3) is 5.91 Å². The highest BCUT2D eigenvalue weighted by molar-refractivity contribution is 9.10. The Hall–Kier alpha value is -2.25. The molecule has 3 N–H and O–H groups in total. The normalized spacial score (nSPS) is 12.0. The molecule has 6 nitrogen and oxygen atoms in total. The molecule has 0 aliphatic rings. The lowest BCUT2D eigenvalue weighted by atomic mass is 10.2. The maximum Gasteiger partial charge on any atom is 0.262 e. The van der Waals surface area contributed by atoms with E-state index in [0.29, 0.717) is 20.8 Å². The van der Waals surface area contributed by atoms with Crippen LogP contribution in [0.15, 0.2) is 46.0 Å². The van der Waals surface area contributed by atoms with Crippen molar-refractivity contribution >= 4 is 45.3 Å². The van der Waals surface area contributed by atoms with Gasteiger partial charge in [-0.05, 0) is 43.3 Å². The van der Waals surface area contributed by atoms with E-state index >= 15 is 0 Å². The molecule has 0 bridgehead atoms. The molecule has 0 saturated carbocycles. The molecular formula is C17H17BrClN3O3. The fourth-order valence-corrected chi connectivity index (χ4v) is 2.55. The van der Waals surface area contributed by atoms with Gasteiger partial charge in [0.1, 0.15) is 6.04 Å². The first-order valence-electron chi connectivity index (χ1n) is 7.32. The number of hydrogen-bond acceptors (Lipinski definition) is 5. The van der Waals surface area contributed by atoms with Crippen LogP contribution in [0.4, 0.5) is 5.69 Å². The van der Waals surface area contributed by atoms with Crippen molar-refractivity contribution < 1.29 is 14.6 Å². The van der Waals surface area contributed by atoms with Crippen molar-refractivity contribution in [2.75, 3.05) is 12.4 Å². The van der Waals surface area contributed by atoms with Gasteiger partial charge in [-0.15, -0.1) is 0 Å². The van der Waals surface area contributed by atoms with Crippen LogP contribution >= 0.6 is 27.5 Å². The molecule has 0 aromatic heterocycles. The number of nitrogens with zero attached hydrogens (tertiary/aromatic N) is 1. The molecule has 25 heavy (non-hydrogen) atoms. The summed E-state index contributed by atoms with van der Waals surface area (Å²) >= 11 is 9.14. The Morgan fingerprint density at radius 1 is 1.36 bits per heavy atom. The van der Waals surface area contributed by atoms with Crippen molar-refractivity contribution in [1.82, 2.24) is 5.43 Å². The molecule has 2 aromatic carbocycles. The van der Waals surface area contributed by atoms with Gasteiger partial charge in [-0.1, -0.05) is 27.5 Å². The fourth-order valence-electron chi connectivity index (χ4n) is 1.97. The number of nitrogens with one attached hydrogen (secondary N) is 2. The van der Waals surface area contributed by atoms with Gasteiger partial charge in [0.2, 0.25) is 0 Å². The molecule has 1 atom stereocenters. The van der Waals surface area contributed by atoms with Gasteiger partial charge < -0.3 is 15.2 Å². The van der Waals surface area contributed by atoms with Crippen LogP contribution in [0.3, 0.4) is 0 Å². The lowest BCUT2D eigenvalue weighted by Crippen LogP contribution is -2.34. The Labute approximate surface area is 159 Å². The number of hydrazone groups is 1. The van der Waals surface area contributed by atoms with Gasteiger partial charge in [0, 0.05) is 20.7 Å². The molecule has 0 radical (unpaired) electrons. The summed E-state index contributed by atoms with van der Waals surface area (Å²) in [4.78, 5) is 12.1. The highest BCUT2D eigenvalue weighted by atomic mass is 79.9. The Kier molecular flexibility index (Phi) is 6.66. The van der Waals surface area contributed by atoms with Crippen molar-refractivity contribution in [2.24, 2.45) is 5.10 Å². The Morgan fingerprint density at radius 2 is 2.04 bits per heavy atom. The highest BCUT2D eigenvalue weighted by Crippen LogP contribution is 2.32. The zero-order valence-corrected chi connectivity index (χ0v) is 15.9. The van der Waals surface area contributed by atoms with Crippen molar-refractivity contribution in [3.05, 3.63) is 51.5 Å². The van der Waals surface area contributed by atoms with E-state index < -0.39 is 6.04 Å². The average Bonchev–Trinajstić information content (AvgIpc) is 2.59. The predicted molar refractivity (Wildman–Crippen MR) is 103 cm³/mol. The summed E-state index contributed by atoms with van der Waals surface area (Å²) in [5.74, 6) is -0.0800. The van der Waals surface area contributed by atoms with E-state index in [4.69, 9.17) is 16.3 Å².